The van der Waals surface area contributed by atoms with Crippen molar-refractivity contribution >= 4 is 22.5 Å². The largest absolute Gasteiger partial charge is 0.411 e. The van der Waals surface area contributed by atoms with Crippen molar-refractivity contribution in [3.05, 3.63) is 71.3 Å². The molecule has 1 aliphatic carbocycles. The summed E-state index contributed by atoms with van der Waals surface area (Å²) in [4.78, 5) is 14.7. The summed E-state index contributed by atoms with van der Waals surface area (Å²) >= 11 is 0. The topological polar surface area (TPSA) is 67.8 Å². The van der Waals surface area contributed by atoms with E-state index in [4.69, 9.17) is 8.85 Å². The zero-order valence-electron chi connectivity index (χ0n) is 26.6. The summed E-state index contributed by atoms with van der Waals surface area (Å²) in [6, 6.07) is 18.2. The molecule has 0 radical (unpaired) electrons. The summed E-state index contributed by atoms with van der Waals surface area (Å²) in [6.07, 6.45) is 2.02. The molecule has 2 aromatic rings. The first-order valence-electron chi connectivity index (χ1n) is 14.8. The maximum atomic E-state index is 14.7. The standard InChI is InChI=1S/C33H53NO4Si2/c1-31(2,3)39(7,8)37-28-23-26-19-14-15-20-27(26)29(28)34-30(36)33(21-16-22-35,24-25-17-12-11-13-18-25)38-40(9,10)32(4,5)6/h11-15,17-20,28-29,35H,16,21-24H2,1-10H3,(H,34,36)/t28-,29+,33-/m1/s1. The zero-order chi connectivity index (χ0) is 30.0. The van der Waals surface area contributed by atoms with Gasteiger partial charge in [-0.3, -0.25) is 4.79 Å². The number of amides is 1. The molecule has 222 valence electrons. The molecule has 0 saturated carbocycles. The van der Waals surface area contributed by atoms with Gasteiger partial charge >= 0.3 is 0 Å². The highest BCUT2D eigenvalue weighted by Gasteiger charge is 2.50. The minimum absolute atomic E-state index is 0.00799. The molecule has 2 aromatic carbocycles. The fourth-order valence-corrected chi connectivity index (χ4v) is 7.89. The van der Waals surface area contributed by atoms with E-state index in [1.165, 1.54) is 5.56 Å². The predicted molar refractivity (Wildman–Crippen MR) is 171 cm³/mol. The predicted octanol–water partition coefficient (Wildman–Crippen LogP) is 7.57. The average molecular weight is 584 g/mol. The number of nitrogens with one attached hydrogen (secondary N) is 1. The summed E-state index contributed by atoms with van der Waals surface area (Å²) in [5.74, 6) is -0.111. The van der Waals surface area contributed by atoms with Crippen LogP contribution in [0.25, 0.3) is 0 Å². The van der Waals surface area contributed by atoms with Crippen molar-refractivity contribution in [1.29, 1.82) is 0 Å². The Balaban J connectivity index is 2.06. The monoisotopic (exact) mass is 583 g/mol. The van der Waals surface area contributed by atoms with Gasteiger partial charge in [0, 0.05) is 19.4 Å². The van der Waals surface area contributed by atoms with E-state index in [0.717, 1.165) is 17.5 Å². The highest BCUT2D eigenvalue weighted by molar-refractivity contribution is 6.74. The number of aliphatic hydroxyl groups is 1. The van der Waals surface area contributed by atoms with Gasteiger partial charge in [-0.2, -0.15) is 0 Å². The maximum absolute atomic E-state index is 14.7. The molecule has 3 rings (SSSR count). The van der Waals surface area contributed by atoms with E-state index in [2.05, 4.69) is 103 Å². The lowest BCUT2D eigenvalue weighted by molar-refractivity contribution is -0.140. The Hall–Kier alpha value is -1.78. The molecule has 0 fully saturated rings. The summed E-state index contributed by atoms with van der Waals surface area (Å²) < 4.78 is 14.1. The number of carbonyl (C=O) groups excluding carboxylic acids is 1. The van der Waals surface area contributed by atoms with E-state index in [9.17, 15) is 9.90 Å². The van der Waals surface area contributed by atoms with E-state index in [1.807, 2.05) is 24.3 Å². The van der Waals surface area contributed by atoms with Crippen molar-refractivity contribution in [2.45, 2.75) is 121 Å². The van der Waals surface area contributed by atoms with Gasteiger partial charge in [0.15, 0.2) is 16.6 Å². The molecular weight excluding hydrogens is 531 g/mol. The van der Waals surface area contributed by atoms with E-state index in [-0.39, 0.29) is 34.7 Å². The molecule has 0 heterocycles. The Morgan fingerprint density at radius 2 is 1.48 bits per heavy atom. The summed E-state index contributed by atoms with van der Waals surface area (Å²) in [6.45, 7) is 22.3. The highest BCUT2D eigenvalue weighted by Crippen LogP contribution is 2.44. The molecule has 5 nitrogen and oxygen atoms in total. The van der Waals surface area contributed by atoms with Crippen molar-refractivity contribution in [3.8, 4) is 0 Å². The third-order valence-electron chi connectivity index (χ3n) is 9.46. The molecule has 0 spiro atoms. The van der Waals surface area contributed by atoms with Gasteiger partial charge in [-0.1, -0.05) is 96.1 Å². The first-order chi connectivity index (χ1) is 18.4. The second kappa shape index (κ2) is 12.2. The molecule has 40 heavy (non-hydrogen) atoms. The van der Waals surface area contributed by atoms with Crippen molar-refractivity contribution in [2.24, 2.45) is 0 Å². The number of hydrogen-bond acceptors (Lipinski definition) is 4. The van der Waals surface area contributed by atoms with Crippen LogP contribution in [0.2, 0.25) is 36.3 Å². The van der Waals surface area contributed by atoms with Gasteiger partial charge in [0.1, 0.15) is 5.60 Å². The number of aliphatic hydroxyl groups excluding tert-OH is 1. The van der Waals surface area contributed by atoms with Crippen LogP contribution in [0.3, 0.4) is 0 Å². The van der Waals surface area contributed by atoms with Gasteiger partial charge in [0.05, 0.1) is 12.1 Å². The van der Waals surface area contributed by atoms with Crippen molar-refractivity contribution < 1.29 is 18.8 Å². The summed E-state index contributed by atoms with van der Waals surface area (Å²) in [5, 5.41) is 13.4. The van der Waals surface area contributed by atoms with Gasteiger partial charge < -0.3 is 19.3 Å². The van der Waals surface area contributed by atoms with Gasteiger partial charge in [-0.15, -0.1) is 0 Å². The number of benzene rings is 2. The van der Waals surface area contributed by atoms with Crippen LogP contribution in [0.1, 0.15) is 77.1 Å². The quantitative estimate of drug-likeness (QED) is 0.268. The van der Waals surface area contributed by atoms with Crippen LogP contribution < -0.4 is 5.32 Å². The van der Waals surface area contributed by atoms with Crippen LogP contribution in [0.5, 0.6) is 0 Å². The van der Waals surface area contributed by atoms with Gasteiger partial charge in [-0.25, -0.2) is 0 Å². The highest BCUT2D eigenvalue weighted by atomic mass is 28.4. The Bertz CT molecular complexity index is 1140. The van der Waals surface area contributed by atoms with Crippen LogP contribution in [-0.2, 0) is 26.5 Å². The Morgan fingerprint density at radius 1 is 0.900 bits per heavy atom. The Morgan fingerprint density at radius 3 is 2.05 bits per heavy atom. The molecule has 1 amide bonds. The van der Waals surface area contributed by atoms with Crippen LogP contribution in [0.15, 0.2) is 54.6 Å². The molecule has 3 atom stereocenters. The second-order valence-electron chi connectivity index (χ2n) is 14.6. The first kappa shape index (κ1) is 32.7. The molecule has 1 aliphatic rings. The molecule has 7 heteroatoms. The van der Waals surface area contributed by atoms with Crippen molar-refractivity contribution in [1.82, 2.24) is 5.32 Å². The molecule has 0 aliphatic heterocycles. The summed E-state index contributed by atoms with van der Waals surface area (Å²) in [7, 11) is -4.48. The zero-order valence-corrected chi connectivity index (χ0v) is 28.6. The van der Waals surface area contributed by atoms with E-state index in [0.29, 0.717) is 19.3 Å². The Labute approximate surface area is 245 Å². The number of carbonyl (C=O) groups is 1. The molecule has 0 bridgehead atoms. The minimum Gasteiger partial charge on any atom is -0.411 e. The fourth-order valence-electron chi connectivity index (χ4n) is 5.01. The smallest absolute Gasteiger partial charge is 0.252 e. The van der Waals surface area contributed by atoms with E-state index >= 15 is 0 Å². The lowest BCUT2D eigenvalue weighted by atomic mass is 9.88. The Kier molecular flexibility index (Phi) is 10.00. The molecule has 2 N–H and O–H groups in total. The number of fused-ring (bicyclic) bond motifs is 1. The third kappa shape index (κ3) is 7.34. The normalized spacial score (nSPS) is 19.7. The lowest BCUT2D eigenvalue weighted by Crippen LogP contribution is -2.59. The minimum atomic E-state index is -2.38. The number of rotatable bonds is 11. The molecule has 0 saturated heterocycles. The van der Waals surface area contributed by atoms with Crippen LogP contribution in [0.4, 0.5) is 0 Å². The van der Waals surface area contributed by atoms with Crippen molar-refractivity contribution in [2.75, 3.05) is 6.61 Å². The van der Waals surface area contributed by atoms with E-state index in [1.54, 1.807) is 0 Å². The third-order valence-corrected chi connectivity index (χ3v) is 18.5. The van der Waals surface area contributed by atoms with Crippen LogP contribution >= 0.6 is 0 Å². The fraction of sp³-hybridized carbons (Fsp3) is 0.606. The SMILES string of the molecule is CC(C)(C)[Si](C)(C)O[C@@H]1Cc2ccccc2[C@@H]1NC(=O)[C@@](CCCO)(Cc1ccccc1)O[Si](C)(C)C(C)(C)C. The maximum Gasteiger partial charge on any atom is 0.252 e. The average Bonchev–Trinajstić information content (AvgIpc) is 3.17. The van der Waals surface area contributed by atoms with E-state index < -0.39 is 22.2 Å². The van der Waals surface area contributed by atoms with Crippen LogP contribution in [-0.4, -0.2) is 46.0 Å². The number of hydrogen-bond donors (Lipinski definition) is 2. The molecule has 0 aromatic heterocycles. The van der Waals surface area contributed by atoms with Gasteiger partial charge in [-0.05, 0) is 65.8 Å². The summed E-state index contributed by atoms with van der Waals surface area (Å²) in [5.41, 5.74) is 2.30. The van der Waals surface area contributed by atoms with Crippen molar-refractivity contribution in [3.63, 3.8) is 0 Å². The van der Waals surface area contributed by atoms with Crippen LogP contribution in [0, 0.1) is 0 Å². The van der Waals surface area contributed by atoms with Gasteiger partial charge in [0.25, 0.3) is 5.91 Å². The lowest BCUT2D eigenvalue weighted by Gasteiger charge is -2.46. The van der Waals surface area contributed by atoms with Gasteiger partial charge in [0.2, 0.25) is 0 Å². The second-order valence-corrected chi connectivity index (χ2v) is 24.1. The first-order valence-corrected chi connectivity index (χ1v) is 20.7. The molecular formula is C33H53NO4Si2. The molecule has 0 unspecified atom stereocenters.